The quantitative estimate of drug-likeness (QED) is 0.700. The molecular formula is C11H15N3O. The van der Waals surface area contributed by atoms with Crippen LogP contribution >= 0.6 is 0 Å². The predicted octanol–water partition coefficient (Wildman–Crippen LogP) is 0.481. The molecule has 1 aromatic rings. The third kappa shape index (κ3) is 1.36. The molecule has 3 aliphatic rings. The van der Waals surface area contributed by atoms with Gasteiger partial charge in [0.15, 0.2) is 0 Å². The molecule has 4 heteroatoms. The van der Waals surface area contributed by atoms with Crippen molar-refractivity contribution < 1.29 is 5.11 Å². The van der Waals surface area contributed by atoms with E-state index in [4.69, 9.17) is 5.73 Å². The summed E-state index contributed by atoms with van der Waals surface area (Å²) in [4.78, 5) is 6.54. The molecule has 2 unspecified atom stereocenters. The van der Waals surface area contributed by atoms with Crippen molar-refractivity contribution in [3.05, 3.63) is 18.3 Å². The highest BCUT2D eigenvalue weighted by Gasteiger charge is 2.45. The molecule has 4 rings (SSSR count). The van der Waals surface area contributed by atoms with Gasteiger partial charge in [-0.05, 0) is 18.6 Å². The van der Waals surface area contributed by atoms with E-state index in [9.17, 15) is 5.11 Å². The molecule has 4 nitrogen and oxygen atoms in total. The van der Waals surface area contributed by atoms with E-state index in [1.54, 1.807) is 6.20 Å². The average Bonchev–Trinajstić information content (AvgIpc) is 2.29. The van der Waals surface area contributed by atoms with Crippen molar-refractivity contribution in [3.8, 4) is 0 Å². The first kappa shape index (κ1) is 8.97. The number of aliphatic hydroxyl groups excluding tert-OH is 1. The Kier molecular flexibility index (Phi) is 1.85. The zero-order chi connectivity index (χ0) is 10.4. The van der Waals surface area contributed by atoms with Gasteiger partial charge < -0.3 is 15.7 Å². The van der Waals surface area contributed by atoms with Gasteiger partial charge in [0.25, 0.3) is 0 Å². The molecule has 3 fully saturated rings. The Bertz CT molecular complexity index is 353. The van der Waals surface area contributed by atoms with Gasteiger partial charge in [0.1, 0.15) is 5.82 Å². The normalized spacial score (nSPS) is 33.7. The van der Waals surface area contributed by atoms with Gasteiger partial charge in [-0.1, -0.05) is 0 Å². The summed E-state index contributed by atoms with van der Waals surface area (Å²) >= 11 is 0. The number of anilines is 2. The first-order chi connectivity index (χ1) is 7.24. The highest BCUT2D eigenvalue weighted by atomic mass is 16.3. The Morgan fingerprint density at radius 3 is 2.60 bits per heavy atom. The van der Waals surface area contributed by atoms with Gasteiger partial charge in [0, 0.05) is 24.9 Å². The maximum absolute atomic E-state index is 9.67. The van der Waals surface area contributed by atoms with E-state index in [0.717, 1.165) is 18.9 Å². The van der Waals surface area contributed by atoms with Crippen LogP contribution in [-0.4, -0.2) is 29.3 Å². The summed E-state index contributed by atoms with van der Waals surface area (Å²) in [6.45, 7) is 1.85. The first-order valence-electron chi connectivity index (χ1n) is 5.38. The van der Waals surface area contributed by atoms with E-state index in [0.29, 0.717) is 17.5 Å². The topological polar surface area (TPSA) is 62.4 Å². The predicted molar refractivity (Wildman–Crippen MR) is 58.5 cm³/mol. The number of nitrogen functional groups attached to an aromatic ring is 1. The molecule has 15 heavy (non-hydrogen) atoms. The minimum absolute atomic E-state index is 0.0740. The van der Waals surface area contributed by atoms with E-state index in [2.05, 4.69) is 9.88 Å². The Morgan fingerprint density at radius 2 is 2.07 bits per heavy atom. The molecule has 2 saturated heterocycles. The number of nitrogens with two attached hydrogens (primary N) is 1. The van der Waals surface area contributed by atoms with Gasteiger partial charge in [0.05, 0.1) is 18.0 Å². The van der Waals surface area contributed by atoms with Crippen molar-refractivity contribution in [1.82, 2.24) is 4.98 Å². The zero-order valence-corrected chi connectivity index (χ0v) is 8.50. The van der Waals surface area contributed by atoms with Gasteiger partial charge in [-0.15, -0.1) is 0 Å². The van der Waals surface area contributed by atoms with Crippen LogP contribution in [0.2, 0.25) is 0 Å². The molecular weight excluding hydrogens is 190 g/mol. The number of hydrogen-bond acceptors (Lipinski definition) is 4. The molecule has 1 aromatic heterocycles. The number of aliphatic hydroxyl groups is 1. The Morgan fingerprint density at radius 1 is 1.33 bits per heavy atom. The van der Waals surface area contributed by atoms with E-state index < -0.39 is 0 Å². The van der Waals surface area contributed by atoms with Crippen LogP contribution in [-0.2, 0) is 0 Å². The number of rotatable bonds is 1. The zero-order valence-electron chi connectivity index (χ0n) is 8.50. The summed E-state index contributed by atoms with van der Waals surface area (Å²) in [5.41, 5.74) is 6.29. The van der Waals surface area contributed by atoms with Gasteiger partial charge in [-0.2, -0.15) is 0 Å². The fourth-order valence-corrected chi connectivity index (χ4v) is 2.63. The fraction of sp³-hybridized carbons (Fsp3) is 0.545. The Labute approximate surface area is 88.7 Å². The SMILES string of the molecule is Nc1ccc(N2CC3CC(C2)C3O)nc1. The molecule has 80 valence electrons. The lowest BCUT2D eigenvalue weighted by atomic mass is 9.68. The van der Waals surface area contributed by atoms with Crippen molar-refractivity contribution in [3.63, 3.8) is 0 Å². The van der Waals surface area contributed by atoms with E-state index >= 15 is 0 Å². The summed E-state index contributed by atoms with van der Waals surface area (Å²) in [7, 11) is 0. The van der Waals surface area contributed by atoms with Gasteiger partial charge in [-0.3, -0.25) is 0 Å². The maximum atomic E-state index is 9.67. The minimum atomic E-state index is -0.0740. The van der Waals surface area contributed by atoms with E-state index in [1.165, 1.54) is 6.42 Å². The van der Waals surface area contributed by atoms with Crippen LogP contribution in [0.5, 0.6) is 0 Å². The summed E-state index contributed by atoms with van der Waals surface area (Å²) in [5, 5.41) is 9.67. The van der Waals surface area contributed by atoms with E-state index in [1.807, 2.05) is 12.1 Å². The molecule has 1 aliphatic carbocycles. The fourth-order valence-electron chi connectivity index (χ4n) is 2.63. The minimum Gasteiger partial charge on any atom is -0.397 e. The lowest BCUT2D eigenvalue weighted by molar-refractivity contribution is -0.0533. The van der Waals surface area contributed by atoms with Crippen molar-refractivity contribution in [2.75, 3.05) is 23.7 Å². The van der Waals surface area contributed by atoms with Gasteiger partial charge >= 0.3 is 0 Å². The van der Waals surface area contributed by atoms with Crippen LogP contribution in [0.15, 0.2) is 18.3 Å². The molecule has 2 aliphatic heterocycles. The number of aromatic nitrogens is 1. The Balaban J connectivity index is 1.77. The number of hydrogen-bond donors (Lipinski definition) is 2. The Hall–Kier alpha value is -1.29. The standard InChI is InChI=1S/C11H15N3O/c12-9-1-2-10(13-4-9)14-5-7-3-8(6-14)11(7)15/h1-2,4,7-8,11,15H,3,5-6,12H2. The highest BCUT2D eigenvalue weighted by molar-refractivity contribution is 5.46. The molecule has 0 aromatic carbocycles. The molecule has 3 N–H and O–H groups in total. The largest absolute Gasteiger partial charge is 0.397 e. The molecule has 0 radical (unpaired) electrons. The van der Waals surface area contributed by atoms with Crippen LogP contribution in [0.3, 0.4) is 0 Å². The summed E-state index contributed by atoms with van der Waals surface area (Å²) in [6, 6.07) is 3.82. The number of pyridine rings is 1. The number of fused-ring (bicyclic) bond motifs is 2. The molecule has 0 amide bonds. The molecule has 3 heterocycles. The van der Waals surface area contributed by atoms with Crippen molar-refractivity contribution in [2.45, 2.75) is 12.5 Å². The van der Waals surface area contributed by atoms with Gasteiger partial charge in [-0.25, -0.2) is 4.98 Å². The first-order valence-corrected chi connectivity index (χ1v) is 5.38. The van der Waals surface area contributed by atoms with Crippen LogP contribution in [0.25, 0.3) is 0 Å². The summed E-state index contributed by atoms with van der Waals surface area (Å²) in [5.74, 6) is 1.87. The summed E-state index contributed by atoms with van der Waals surface area (Å²) in [6.07, 6.45) is 2.79. The number of piperidine rings is 2. The van der Waals surface area contributed by atoms with Crippen LogP contribution < -0.4 is 10.6 Å². The van der Waals surface area contributed by atoms with Gasteiger partial charge in [0.2, 0.25) is 0 Å². The average molecular weight is 205 g/mol. The second-order valence-corrected chi connectivity index (χ2v) is 4.60. The number of nitrogens with zero attached hydrogens (tertiary/aromatic N) is 2. The molecule has 2 atom stereocenters. The highest BCUT2D eigenvalue weighted by Crippen LogP contribution is 2.40. The lowest BCUT2D eigenvalue weighted by Gasteiger charge is -2.51. The van der Waals surface area contributed by atoms with Crippen molar-refractivity contribution in [1.29, 1.82) is 0 Å². The maximum Gasteiger partial charge on any atom is 0.128 e. The molecule has 0 spiro atoms. The van der Waals surface area contributed by atoms with Crippen LogP contribution in [0.4, 0.5) is 11.5 Å². The lowest BCUT2D eigenvalue weighted by Crippen LogP contribution is -2.58. The molecule has 1 saturated carbocycles. The monoisotopic (exact) mass is 205 g/mol. The van der Waals surface area contributed by atoms with Crippen molar-refractivity contribution >= 4 is 11.5 Å². The third-order valence-corrected chi connectivity index (χ3v) is 3.58. The van der Waals surface area contributed by atoms with Crippen molar-refractivity contribution in [2.24, 2.45) is 11.8 Å². The second kappa shape index (κ2) is 3.10. The third-order valence-electron chi connectivity index (χ3n) is 3.58. The smallest absolute Gasteiger partial charge is 0.128 e. The van der Waals surface area contributed by atoms with E-state index in [-0.39, 0.29) is 6.10 Å². The second-order valence-electron chi connectivity index (χ2n) is 4.60. The molecule has 2 bridgehead atoms. The summed E-state index contributed by atoms with van der Waals surface area (Å²) < 4.78 is 0. The van der Waals surface area contributed by atoms with Crippen LogP contribution in [0, 0.1) is 11.8 Å². The van der Waals surface area contributed by atoms with Crippen LogP contribution in [0.1, 0.15) is 6.42 Å².